The molecule has 0 aliphatic rings. The van der Waals surface area contributed by atoms with Gasteiger partial charge in [0.15, 0.2) is 0 Å². The number of aliphatic carboxylic acids is 1. The Morgan fingerprint density at radius 1 is 1.45 bits per heavy atom. The van der Waals surface area contributed by atoms with E-state index in [1.807, 2.05) is 0 Å². The van der Waals surface area contributed by atoms with E-state index in [2.05, 4.69) is 21.0 Å². The number of carbonyl (C=O) groups is 1. The Bertz CT molecular complexity index is 634. The first-order valence-electron chi connectivity index (χ1n) is 5.46. The van der Waals surface area contributed by atoms with Gasteiger partial charge in [-0.3, -0.25) is 4.79 Å². The molecule has 0 saturated carbocycles. The second-order valence-electron chi connectivity index (χ2n) is 3.75. The van der Waals surface area contributed by atoms with E-state index < -0.39 is 12.4 Å². The molecule has 0 aliphatic carbocycles. The van der Waals surface area contributed by atoms with Crippen molar-refractivity contribution in [2.75, 3.05) is 5.75 Å². The Morgan fingerprint density at radius 3 is 2.75 bits per heavy atom. The number of para-hydroxylation sites is 1. The fourth-order valence-electron chi connectivity index (χ4n) is 1.52. The summed E-state index contributed by atoms with van der Waals surface area (Å²) in [5.41, 5.74) is 0.195. The molecule has 2 rings (SSSR count). The van der Waals surface area contributed by atoms with Crippen LogP contribution in [-0.2, 0) is 4.79 Å². The van der Waals surface area contributed by atoms with E-state index in [4.69, 9.17) is 5.11 Å². The van der Waals surface area contributed by atoms with Gasteiger partial charge in [0.1, 0.15) is 10.7 Å². The number of aromatic nitrogens is 2. The first-order chi connectivity index (χ1) is 9.49. The van der Waals surface area contributed by atoms with Gasteiger partial charge in [0.25, 0.3) is 6.43 Å². The number of alkyl halides is 2. The van der Waals surface area contributed by atoms with Gasteiger partial charge in [0.05, 0.1) is 11.4 Å². The van der Waals surface area contributed by atoms with Crippen LogP contribution in [-0.4, -0.2) is 26.6 Å². The van der Waals surface area contributed by atoms with E-state index in [1.165, 1.54) is 10.7 Å². The summed E-state index contributed by atoms with van der Waals surface area (Å²) in [5.74, 6) is -1.24. The molecule has 2 aromatic rings. The second-order valence-corrected chi connectivity index (χ2v) is 5.60. The van der Waals surface area contributed by atoms with Crippen molar-refractivity contribution >= 4 is 33.7 Å². The molecule has 1 aromatic carbocycles. The topological polar surface area (TPSA) is 55.1 Å². The van der Waals surface area contributed by atoms with E-state index in [1.54, 1.807) is 24.3 Å². The molecule has 1 aromatic heterocycles. The van der Waals surface area contributed by atoms with E-state index in [0.29, 0.717) is 15.2 Å². The summed E-state index contributed by atoms with van der Waals surface area (Å²) in [6.45, 7) is 0. The minimum absolute atomic E-state index is 0.223. The molecule has 0 bridgehead atoms. The molecule has 4 nitrogen and oxygen atoms in total. The van der Waals surface area contributed by atoms with Crippen molar-refractivity contribution in [1.82, 2.24) is 9.78 Å². The highest BCUT2D eigenvalue weighted by molar-refractivity contribution is 9.10. The van der Waals surface area contributed by atoms with Crippen molar-refractivity contribution in [3.8, 4) is 5.69 Å². The van der Waals surface area contributed by atoms with Crippen molar-refractivity contribution in [2.45, 2.75) is 11.5 Å². The van der Waals surface area contributed by atoms with Crippen LogP contribution < -0.4 is 0 Å². The van der Waals surface area contributed by atoms with Gasteiger partial charge in [-0.1, -0.05) is 23.9 Å². The van der Waals surface area contributed by atoms with Gasteiger partial charge in [0, 0.05) is 4.47 Å². The summed E-state index contributed by atoms with van der Waals surface area (Å²) in [6, 6.07) is 8.20. The van der Waals surface area contributed by atoms with Crippen LogP contribution in [0.1, 0.15) is 12.1 Å². The SMILES string of the molecule is O=C(O)CSc1cc(C(F)F)nn1-c1ccccc1Br. The largest absolute Gasteiger partial charge is 0.481 e. The van der Waals surface area contributed by atoms with Gasteiger partial charge in [-0.2, -0.15) is 5.10 Å². The predicted molar refractivity (Wildman–Crippen MR) is 74.6 cm³/mol. The van der Waals surface area contributed by atoms with Gasteiger partial charge < -0.3 is 5.11 Å². The average molecular weight is 363 g/mol. The van der Waals surface area contributed by atoms with E-state index in [0.717, 1.165) is 11.8 Å². The summed E-state index contributed by atoms with van der Waals surface area (Å²) in [6.07, 6.45) is -2.71. The number of carboxylic acid groups (broad SMARTS) is 1. The normalized spacial score (nSPS) is 11.0. The van der Waals surface area contributed by atoms with Crippen LogP contribution in [0.2, 0.25) is 0 Å². The van der Waals surface area contributed by atoms with Crippen LogP contribution >= 0.6 is 27.7 Å². The van der Waals surface area contributed by atoms with Gasteiger partial charge in [-0.25, -0.2) is 13.5 Å². The van der Waals surface area contributed by atoms with Crippen LogP contribution in [0.3, 0.4) is 0 Å². The number of nitrogens with zero attached hydrogens (tertiary/aromatic N) is 2. The zero-order valence-electron chi connectivity index (χ0n) is 9.96. The van der Waals surface area contributed by atoms with E-state index >= 15 is 0 Å². The average Bonchev–Trinajstić information content (AvgIpc) is 2.81. The third-order valence-electron chi connectivity index (χ3n) is 2.34. The maximum absolute atomic E-state index is 12.8. The molecule has 0 saturated heterocycles. The molecule has 20 heavy (non-hydrogen) atoms. The van der Waals surface area contributed by atoms with Crippen LogP contribution in [0.5, 0.6) is 0 Å². The molecular formula is C12H9BrF2N2O2S. The molecule has 0 aliphatic heterocycles. The smallest absolute Gasteiger partial charge is 0.313 e. The molecule has 0 unspecified atom stereocenters. The molecule has 0 radical (unpaired) electrons. The summed E-state index contributed by atoms with van der Waals surface area (Å²) in [7, 11) is 0. The molecular weight excluding hydrogens is 354 g/mol. The summed E-state index contributed by atoms with van der Waals surface area (Å²) < 4.78 is 27.5. The highest BCUT2D eigenvalue weighted by Crippen LogP contribution is 2.30. The molecule has 8 heteroatoms. The molecule has 0 fully saturated rings. The summed E-state index contributed by atoms with van der Waals surface area (Å²) >= 11 is 4.26. The Kier molecular flexibility index (Phi) is 4.77. The molecule has 106 valence electrons. The highest BCUT2D eigenvalue weighted by atomic mass is 79.9. The number of carboxylic acids is 1. The number of thioether (sulfide) groups is 1. The van der Waals surface area contributed by atoms with Crippen LogP contribution in [0.25, 0.3) is 5.69 Å². The third kappa shape index (κ3) is 3.37. The monoisotopic (exact) mass is 362 g/mol. The first-order valence-corrected chi connectivity index (χ1v) is 7.24. The van der Waals surface area contributed by atoms with E-state index in [9.17, 15) is 13.6 Å². The van der Waals surface area contributed by atoms with Crippen molar-refractivity contribution in [1.29, 1.82) is 0 Å². The summed E-state index contributed by atoms with van der Waals surface area (Å²) in [5, 5.41) is 12.9. The number of hydrogen-bond donors (Lipinski definition) is 1. The van der Waals surface area contributed by atoms with Gasteiger partial charge >= 0.3 is 5.97 Å². The minimum atomic E-state index is -2.71. The maximum Gasteiger partial charge on any atom is 0.313 e. The maximum atomic E-state index is 12.8. The van der Waals surface area contributed by atoms with Crippen LogP contribution in [0.15, 0.2) is 39.8 Å². The Labute approximate surface area is 125 Å². The fourth-order valence-corrected chi connectivity index (χ4v) is 2.71. The lowest BCUT2D eigenvalue weighted by molar-refractivity contribution is -0.133. The van der Waals surface area contributed by atoms with Gasteiger partial charge in [-0.05, 0) is 34.1 Å². The van der Waals surface area contributed by atoms with Crippen molar-refractivity contribution in [3.05, 3.63) is 40.5 Å². The van der Waals surface area contributed by atoms with Gasteiger partial charge in [0.2, 0.25) is 0 Å². The zero-order valence-corrected chi connectivity index (χ0v) is 12.4. The number of rotatable bonds is 5. The second kappa shape index (κ2) is 6.36. The van der Waals surface area contributed by atoms with Crippen LogP contribution in [0.4, 0.5) is 8.78 Å². The fraction of sp³-hybridized carbons (Fsp3) is 0.167. The molecule has 1 N–H and O–H groups in total. The lowest BCUT2D eigenvalue weighted by Gasteiger charge is -2.07. The molecule has 1 heterocycles. The molecule has 0 amide bonds. The lowest BCUT2D eigenvalue weighted by atomic mass is 10.3. The standard InChI is InChI=1S/C12H9BrF2N2O2S/c13-7-3-1-2-4-9(7)17-10(20-6-11(18)19)5-8(16-17)12(14)15/h1-5,12H,6H2,(H,18,19). The van der Waals surface area contributed by atoms with Crippen molar-refractivity contribution in [3.63, 3.8) is 0 Å². The Hall–Kier alpha value is -1.41. The number of hydrogen-bond acceptors (Lipinski definition) is 3. The zero-order chi connectivity index (χ0) is 14.7. The number of benzene rings is 1. The lowest BCUT2D eigenvalue weighted by Crippen LogP contribution is -2.03. The Morgan fingerprint density at radius 2 is 2.15 bits per heavy atom. The van der Waals surface area contributed by atoms with Crippen molar-refractivity contribution < 1.29 is 18.7 Å². The highest BCUT2D eigenvalue weighted by Gasteiger charge is 2.18. The predicted octanol–water partition coefficient (Wildman–Crippen LogP) is 3.75. The number of halogens is 3. The van der Waals surface area contributed by atoms with Crippen molar-refractivity contribution in [2.24, 2.45) is 0 Å². The van der Waals surface area contributed by atoms with E-state index in [-0.39, 0.29) is 11.4 Å². The Balaban J connectivity index is 2.44. The summed E-state index contributed by atoms with van der Waals surface area (Å²) in [4.78, 5) is 10.6. The first kappa shape index (κ1) is 15.0. The third-order valence-corrected chi connectivity index (χ3v) is 3.99. The minimum Gasteiger partial charge on any atom is -0.481 e. The van der Waals surface area contributed by atoms with Crippen LogP contribution in [0, 0.1) is 0 Å². The molecule has 0 spiro atoms. The molecule has 0 atom stereocenters. The quantitative estimate of drug-likeness (QED) is 0.823. The van der Waals surface area contributed by atoms with Gasteiger partial charge in [-0.15, -0.1) is 0 Å².